The molecule has 1 aromatic carbocycles. The molecule has 1 aromatic heterocycles. The topological polar surface area (TPSA) is 104 Å². The Morgan fingerprint density at radius 1 is 1.33 bits per heavy atom. The maximum atomic E-state index is 12.3. The number of sulfonamides is 1. The molecular formula is C17H23N5O3S2. The Morgan fingerprint density at radius 2 is 2.11 bits per heavy atom. The molecule has 0 radical (unpaired) electrons. The van der Waals surface area contributed by atoms with E-state index in [-0.39, 0.29) is 21.8 Å². The third-order valence-electron chi connectivity index (χ3n) is 4.42. The lowest BCUT2D eigenvalue weighted by Gasteiger charge is -2.24. The van der Waals surface area contributed by atoms with Crippen molar-refractivity contribution < 1.29 is 13.2 Å². The van der Waals surface area contributed by atoms with Gasteiger partial charge < -0.3 is 10.2 Å². The summed E-state index contributed by atoms with van der Waals surface area (Å²) in [4.78, 5) is 13.7. The number of carbonyl (C=O) groups is 1. The number of aromatic nitrogens is 2. The highest BCUT2D eigenvalue weighted by Crippen LogP contribution is 2.31. The minimum atomic E-state index is -3.73. The first-order valence-electron chi connectivity index (χ1n) is 8.88. The van der Waals surface area contributed by atoms with E-state index in [1.807, 2.05) is 12.1 Å². The Labute approximate surface area is 163 Å². The molecule has 0 fully saturated rings. The smallest absolute Gasteiger partial charge is 0.269 e. The molecule has 0 bridgehead atoms. The summed E-state index contributed by atoms with van der Waals surface area (Å²) in [5.74, 6) is -0.233. The number of amides is 1. The van der Waals surface area contributed by atoms with Crippen molar-refractivity contribution in [2.75, 3.05) is 23.3 Å². The van der Waals surface area contributed by atoms with Crippen LogP contribution >= 0.6 is 11.3 Å². The Hall–Kier alpha value is -2.04. The van der Waals surface area contributed by atoms with Crippen molar-refractivity contribution >= 4 is 38.1 Å². The van der Waals surface area contributed by atoms with E-state index < -0.39 is 10.0 Å². The van der Waals surface area contributed by atoms with Gasteiger partial charge in [-0.05, 0) is 31.4 Å². The summed E-state index contributed by atoms with van der Waals surface area (Å²) in [5.41, 5.74) is 2.56. The predicted molar refractivity (Wildman–Crippen MR) is 106 cm³/mol. The van der Waals surface area contributed by atoms with Gasteiger partial charge in [-0.2, -0.15) is 0 Å². The van der Waals surface area contributed by atoms with Gasteiger partial charge in [-0.25, -0.2) is 13.1 Å². The quantitative estimate of drug-likeness (QED) is 0.510. The molecule has 0 unspecified atom stereocenters. The minimum Gasteiger partial charge on any atom is -0.368 e. The van der Waals surface area contributed by atoms with Gasteiger partial charge in [0.1, 0.15) is 0 Å². The van der Waals surface area contributed by atoms with E-state index in [1.54, 1.807) is 6.92 Å². The van der Waals surface area contributed by atoms with E-state index in [2.05, 4.69) is 44.2 Å². The number of rotatable bonds is 8. The molecule has 0 aliphatic carbocycles. The molecule has 10 heteroatoms. The van der Waals surface area contributed by atoms with Crippen LogP contribution in [-0.2, 0) is 21.2 Å². The highest BCUT2D eigenvalue weighted by atomic mass is 32.2. The van der Waals surface area contributed by atoms with Gasteiger partial charge in [0.25, 0.3) is 10.0 Å². The molecule has 0 spiro atoms. The van der Waals surface area contributed by atoms with E-state index in [1.165, 1.54) is 11.3 Å². The SMILES string of the molecule is CCC(=O)Nc1nnc(S(=O)(=O)NCCCN2c3ccccc3C[C@@H]2C)s1. The minimum absolute atomic E-state index is 0.145. The average molecular weight is 410 g/mol. The van der Waals surface area contributed by atoms with E-state index in [0.717, 1.165) is 24.3 Å². The highest BCUT2D eigenvalue weighted by Gasteiger charge is 2.25. The number of nitrogens with zero attached hydrogens (tertiary/aromatic N) is 3. The number of carbonyl (C=O) groups excluding carboxylic acids is 1. The van der Waals surface area contributed by atoms with E-state index in [4.69, 9.17) is 0 Å². The molecular weight excluding hydrogens is 386 g/mol. The number of hydrogen-bond donors (Lipinski definition) is 2. The number of hydrogen-bond acceptors (Lipinski definition) is 7. The van der Waals surface area contributed by atoms with Gasteiger partial charge in [0.15, 0.2) is 0 Å². The van der Waals surface area contributed by atoms with Gasteiger partial charge in [-0.3, -0.25) is 4.79 Å². The van der Waals surface area contributed by atoms with Crippen LogP contribution in [0.15, 0.2) is 28.6 Å². The molecule has 3 rings (SSSR count). The Balaban J connectivity index is 1.52. The van der Waals surface area contributed by atoms with Crippen molar-refractivity contribution in [3.05, 3.63) is 29.8 Å². The van der Waals surface area contributed by atoms with Crippen molar-refractivity contribution in [2.45, 2.75) is 43.5 Å². The van der Waals surface area contributed by atoms with Crippen LogP contribution in [0, 0.1) is 0 Å². The number of anilines is 2. The summed E-state index contributed by atoms with van der Waals surface area (Å²) in [6.45, 7) is 4.96. The van der Waals surface area contributed by atoms with E-state index in [9.17, 15) is 13.2 Å². The number of para-hydroxylation sites is 1. The summed E-state index contributed by atoms with van der Waals surface area (Å²) < 4.78 is 27.1. The third kappa shape index (κ3) is 4.63. The lowest BCUT2D eigenvalue weighted by atomic mass is 10.1. The van der Waals surface area contributed by atoms with Crippen LogP contribution in [0.5, 0.6) is 0 Å². The molecule has 1 atom stereocenters. The van der Waals surface area contributed by atoms with Crippen LogP contribution in [0.3, 0.4) is 0 Å². The van der Waals surface area contributed by atoms with Crippen molar-refractivity contribution in [1.82, 2.24) is 14.9 Å². The largest absolute Gasteiger partial charge is 0.368 e. The van der Waals surface area contributed by atoms with Gasteiger partial charge in [0.05, 0.1) is 0 Å². The molecule has 0 saturated heterocycles. The fourth-order valence-corrected chi connectivity index (χ4v) is 5.10. The summed E-state index contributed by atoms with van der Waals surface area (Å²) >= 11 is 0.843. The lowest BCUT2D eigenvalue weighted by Crippen LogP contribution is -2.33. The second-order valence-corrected chi connectivity index (χ2v) is 9.32. The van der Waals surface area contributed by atoms with Crippen LogP contribution in [0.1, 0.15) is 32.3 Å². The van der Waals surface area contributed by atoms with Gasteiger partial charge in [-0.1, -0.05) is 36.5 Å². The van der Waals surface area contributed by atoms with Crippen LogP contribution < -0.4 is 14.9 Å². The summed E-state index contributed by atoms with van der Waals surface area (Å²) in [7, 11) is -3.73. The highest BCUT2D eigenvalue weighted by molar-refractivity contribution is 7.91. The lowest BCUT2D eigenvalue weighted by molar-refractivity contribution is -0.115. The zero-order valence-corrected chi connectivity index (χ0v) is 16.9. The molecule has 146 valence electrons. The first-order chi connectivity index (χ1) is 12.9. The summed E-state index contributed by atoms with van der Waals surface area (Å²) in [6.07, 6.45) is 1.98. The third-order valence-corrected chi connectivity index (χ3v) is 7.09. The van der Waals surface area contributed by atoms with Gasteiger partial charge in [0.2, 0.25) is 15.4 Å². The normalized spacial score (nSPS) is 16.4. The number of fused-ring (bicyclic) bond motifs is 1. The monoisotopic (exact) mass is 409 g/mol. The van der Waals surface area contributed by atoms with E-state index in [0.29, 0.717) is 19.0 Å². The van der Waals surface area contributed by atoms with Crippen molar-refractivity contribution in [3.8, 4) is 0 Å². The van der Waals surface area contributed by atoms with Crippen molar-refractivity contribution in [3.63, 3.8) is 0 Å². The molecule has 1 aliphatic rings. The van der Waals surface area contributed by atoms with Gasteiger partial charge >= 0.3 is 0 Å². The van der Waals surface area contributed by atoms with Crippen molar-refractivity contribution in [2.24, 2.45) is 0 Å². The zero-order valence-electron chi connectivity index (χ0n) is 15.3. The molecule has 2 heterocycles. The molecule has 2 aromatic rings. The van der Waals surface area contributed by atoms with Gasteiger partial charge in [-0.15, -0.1) is 10.2 Å². The van der Waals surface area contributed by atoms with Gasteiger partial charge in [0, 0.05) is 31.2 Å². The molecule has 8 nitrogen and oxygen atoms in total. The fourth-order valence-electron chi connectivity index (χ4n) is 3.06. The number of nitrogens with one attached hydrogen (secondary N) is 2. The van der Waals surface area contributed by atoms with Crippen molar-refractivity contribution in [1.29, 1.82) is 0 Å². The first-order valence-corrected chi connectivity index (χ1v) is 11.2. The Bertz CT molecular complexity index is 913. The Kier molecular flexibility index (Phi) is 6.08. The second-order valence-electron chi connectivity index (χ2n) is 6.40. The maximum absolute atomic E-state index is 12.3. The molecule has 1 aliphatic heterocycles. The van der Waals surface area contributed by atoms with Crippen LogP contribution in [0.2, 0.25) is 0 Å². The molecule has 1 amide bonds. The first kappa shape index (κ1) is 19.7. The average Bonchev–Trinajstić information content (AvgIpc) is 3.23. The molecule has 0 saturated carbocycles. The number of benzene rings is 1. The predicted octanol–water partition coefficient (Wildman–Crippen LogP) is 2.01. The van der Waals surface area contributed by atoms with E-state index >= 15 is 0 Å². The second kappa shape index (κ2) is 8.32. The fraction of sp³-hybridized carbons (Fsp3) is 0.471. The standard InChI is InChI=1S/C17H23N5O3S2/c1-3-15(23)19-16-20-21-17(26-16)27(24,25)18-9-6-10-22-12(2)11-13-7-4-5-8-14(13)22/h4-5,7-8,12,18H,3,6,9-11H2,1-2H3,(H,19,20,23)/t12-/m0/s1. The summed E-state index contributed by atoms with van der Waals surface area (Å²) in [6, 6.07) is 8.72. The maximum Gasteiger partial charge on any atom is 0.269 e. The van der Waals surface area contributed by atoms with Crippen LogP contribution in [0.4, 0.5) is 10.8 Å². The molecule has 27 heavy (non-hydrogen) atoms. The Morgan fingerprint density at radius 3 is 2.89 bits per heavy atom. The zero-order chi connectivity index (χ0) is 19.4. The van der Waals surface area contributed by atoms with Crippen LogP contribution in [0.25, 0.3) is 0 Å². The molecule has 2 N–H and O–H groups in total. The summed E-state index contributed by atoms with van der Waals surface area (Å²) in [5, 5.41) is 10.1. The van der Waals surface area contributed by atoms with Crippen LogP contribution in [-0.4, -0.2) is 43.7 Å².